The number of hydrogen-bond acceptors (Lipinski definition) is 3. The molecule has 0 aliphatic rings. The number of carbonyl (C=O) groups is 1. The van der Waals surface area contributed by atoms with E-state index in [2.05, 4.69) is 15.3 Å². The van der Waals surface area contributed by atoms with Gasteiger partial charge in [0.1, 0.15) is 0 Å². The molecule has 0 spiro atoms. The van der Waals surface area contributed by atoms with Gasteiger partial charge in [-0.3, -0.25) is 4.79 Å². The van der Waals surface area contributed by atoms with E-state index in [1.807, 2.05) is 31.2 Å². The van der Waals surface area contributed by atoms with Crippen molar-refractivity contribution in [3.05, 3.63) is 45.8 Å². The van der Waals surface area contributed by atoms with Crippen LogP contribution in [-0.2, 0) is 16.0 Å². The zero-order valence-corrected chi connectivity index (χ0v) is 11.0. The molecule has 0 bridgehead atoms. The first-order valence-electron chi connectivity index (χ1n) is 6.13. The minimum absolute atomic E-state index is 0.0255. The van der Waals surface area contributed by atoms with Crippen LogP contribution in [0.5, 0.6) is 0 Å². The maximum atomic E-state index is 11.6. The van der Waals surface area contributed by atoms with Gasteiger partial charge in [0.15, 0.2) is 0 Å². The largest absolute Gasteiger partial charge is 0.379 e. The topological polar surface area (TPSA) is 87.1 Å². The Morgan fingerprint density at radius 2 is 2.11 bits per heavy atom. The van der Waals surface area contributed by atoms with Gasteiger partial charge in [-0.05, 0) is 18.0 Å². The van der Waals surface area contributed by atoms with Gasteiger partial charge in [-0.25, -0.2) is 0 Å². The van der Waals surface area contributed by atoms with Gasteiger partial charge in [-0.1, -0.05) is 34.9 Å². The van der Waals surface area contributed by atoms with E-state index in [0.29, 0.717) is 32.7 Å². The number of ether oxygens (including phenoxy) is 1. The molecule has 0 aliphatic heterocycles. The number of nitrogens with one attached hydrogen (secondary N) is 1. The van der Waals surface area contributed by atoms with Gasteiger partial charge >= 0.3 is 0 Å². The molecule has 1 aromatic rings. The van der Waals surface area contributed by atoms with Gasteiger partial charge in [0.2, 0.25) is 5.91 Å². The molecule has 0 aliphatic carbocycles. The second kappa shape index (κ2) is 8.97. The molecule has 0 unspecified atom stereocenters. The summed E-state index contributed by atoms with van der Waals surface area (Å²) in [6.07, 6.45) is 0.374. The Balaban J connectivity index is 2.11. The first-order valence-corrected chi connectivity index (χ1v) is 6.13. The van der Waals surface area contributed by atoms with Gasteiger partial charge in [-0.2, -0.15) is 0 Å². The van der Waals surface area contributed by atoms with E-state index in [0.717, 1.165) is 5.56 Å². The maximum Gasteiger partial charge on any atom is 0.224 e. The molecule has 1 rings (SSSR count). The summed E-state index contributed by atoms with van der Waals surface area (Å²) in [5.41, 5.74) is 10.2. The number of rotatable bonds is 8. The molecule has 1 N–H and O–H groups in total. The number of nitrogens with zero attached hydrogens (tertiary/aromatic N) is 3. The standard InChI is InChI=1S/C13H18N4O2/c1-11-2-4-12(5-3-11)10-13(18)15-6-8-19-9-7-16-17-14/h2-5H,6-10H2,1H3,(H,15,18). The fourth-order valence-electron chi connectivity index (χ4n) is 1.47. The molecule has 1 amide bonds. The van der Waals surface area contributed by atoms with Gasteiger partial charge in [-0.15, -0.1) is 0 Å². The molecule has 1 aromatic carbocycles. The number of benzene rings is 1. The fourth-order valence-corrected chi connectivity index (χ4v) is 1.47. The fraction of sp³-hybridized carbons (Fsp3) is 0.462. The molecule has 0 saturated heterocycles. The lowest BCUT2D eigenvalue weighted by Gasteiger charge is -2.06. The number of azide groups is 1. The highest BCUT2D eigenvalue weighted by molar-refractivity contribution is 5.78. The Hall–Kier alpha value is -2.04. The molecule has 0 aromatic heterocycles. The number of hydrogen-bond donors (Lipinski definition) is 1. The molecule has 0 atom stereocenters. The van der Waals surface area contributed by atoms with Crippen LogP contribution >= 0.6 is 0 Å². The minimum atomic E-state index is -0.0255. The third-order valence-electron chi connectivity index (χ3n) is 2.45. The Bertz CT molecular complexity index is 438. The Morgan fingerprint density at radius 3 is 2.79 bits per heavy atom. The van der Waals surface area contributed by atoms with E-state index in [1.54, 1.807) is 0 Å². The molecule has 0 fully saturated rings. The van der Waals surface area contributed by atoms with Crippen LogP contribution in [0.4, 0.5) is 0 Å². The van der Waals surface area contributed by atoms with Crippen LogP contribution in [-0.4, -0.2) is 32.2 Å². The van der Waals surface area contributed by atoms with Crippen molar-refractivity contribution in [1.82, 2.24) is 5.32 Å². The lowest BCUT2D eigenvalue weighted by atomic mass is 10.1. The molecule has 0 heterocycles. The Morgan fingerprint density at radius 1 is 1.37 bits per heavy atom. The quantitative estimate of drug-likeness (QED) is 0.336. The number of carbonyl (C=O) groups excluding carboxylic acids is 1. The third-order valence-corrected chi connectivity index (χ3v) is 2.45. The summed E-state index contributed by atoms with van der Waals surface area (Å²) in [4.78, 5) is 14.2. The van der Waals surface area contributed by atoms with Crippen LogP contribution in [0.15, 0.2) is 29.4 Å². The molecular formula is C13H18N4O2. The summed E-state index contributed by atoms with van der Waals surface area (Å²) in [6, 6.07) is 7.87. The van der Waals surface area contributed by atoms with Crippen molar-refractivity contribution >= 4 is 5.91 Å². The second-order valence-electron chi connectivity index (χ2n) is 4.08. The van der Waals surface area contributed by atoms with Crippen LogP contribution in [0.25, 0.3) is 10.4 Å². The average Bonchev–Trinajstić information content (AvgIpc) is 2.40. The summed E-state index contributed by atoms with van der Waals surface area (Å²) in [6.45, 7) is 3.57. The van der Waals surface area contributed by atoms with Crippen molar-refractivity contribution in [1.29, 1.82) is 0 Å². The SMILES string of the molecule is Cc1ccc(CC(=O)NCCOCCN=[N+]=[N-])cc1. The Kier molecular flexibility index (Phi) is 7.09. The normalized spacial score (nSPS) is 9.74. The van der Waals surface area contributed by atoms with Crippen molar-refractivity contribution in [3.8, 4) is 0 Å². The molecule has 6 heteroatoms. The average molecular weight is 262 g/mol. The number of amides is 1. The third kappa shape index (κ3) is 7.08. The van der Waals surface area contributed by atoms with E-state index < -0.39 is 0 Å². The lowest BCUT2D eigenvalue weighted by Crippen LogP contribution is -2.28. The van der Waals surface area contributed by atoms with Crippen LogP contribution in [0.2, 0.25) is 0 Å². The summed E-state index contributed by atoms with van der Waals surface area (Å²) < 4.78 is 5.17. The number of aryl methyl sites for hydroxylation is 1. The highest BCUT2D eigenvalue weighted by atomic mass is 16.5. The smallest absolute Gasteiger partial charge is 0.224 e. The van der Waals surface area contributed by atoms with Crippen molar-refractivity contribution in [2.24, 2.45) is 5.11 Å². The highest BCUT2D eigenvalue weighted by Crippen LogP contribution is 2.03. The van der Waals surface area contributed by atoms with Crippen molar-refractivity contribution in [3.63, 3.8) is 0 Å². The van der Waals surface area contributed by atoms with Crippen LogP contribution in [0, 0.1) is 6.92 Å². The highest BCUT2D eigenvalue weighted by Gasteiger charge is 2.02. The Labute approximate surface area is 112 Å². The van der Waals surface area contributed by atoms with E-state index >= 15 is 0 Å². The van der Waals surface area contributed by atoms with Gasteiger partial charge < -0.3 is 10.1 Å². The molecule has 102 valence electrons. The zero-order chi connectivity index (χ0) is 13.9. The van der Waals surface area contributed by atoms with Crippen LogP contribution in [0.3, 0.4) is 0 Å². The maximum absolute atomic E-state index is 11.6. The van der Waals surface area contributed by atoms with Crippen molar-refractivity contribution < 1.29 is 9.53 Å². The zero-order valence-electron chi connectivity index (χ0n) is 11.0. The molecule has 6 nitrogen and oxygen atoms in total. The van der Waals surface area contributed by atoms with Crippen LogP contribution < -0.4 is 5.32 Å². The van der Waals surface area contributed by atoms with E-state index in [-0.39, 0.29) is 5.91 Å². The summed E-state index contributed by atoms with van der Waals surface area (Å²) >= 11 is 0. The first kappa shape index (κ1) is 15.0. The minimum Gasteiger partial charge on any atom is -0.379 e. The molecule has 19 heavy (non-hydrogen) atoms. The van der Waals surface area contributed by atoms with Gasteiger partial charge in [0.25, 0.3) is 0 Å². The van der Waals surface area contributed by atoms with Crippen LogP contribution in [0.1, 0.15) is 11.1 Å². The van der Waals surface area contributed by atoms with E-state index in [9.17, 15) is 4.79 Å². The predicted molar refractivity (Wildman–Crippen MR) is 72.7 cm³/mol. The van der Waals surface area contributed by atoms with Gasteiger partial charge in [0.05, 0.1) is 19.6 Å². The molecule has 0 saturated carbocycles. The molecular weight excluding hydrogens is 244 g/mol. The van der Waals surface area contributed by atoms with E-state index in [4.69, 9.17) is 10.3 Å². The van der Waals surface area contributed by atoms with Crippen molar-refractivity contribution in [2.45, 2.75) is 13.3 Å². The lowest BCUT2D eigenvalue weighted by molar-refractivity contribution is -0.120. The molecule has 0 radical (unpaired) electrons. The summed E-state index contributed by atoms with van der Waals surface area (Å²) in [5, 5.41) is 6.10. The second-order valence-corrected chi connectivity index (χ2v) is 4.08. The summed E-state index contributed by atoms with van der Waals surface area (Å²) in [7, 11) is 0. The van der Waals surface area contributed by atoms with E-state index in [1.165, 1.54) is 5.56 Å². The van der Waals surface area contributed by atoms with Gasteiger partial charge in [0, 0.05) is 18.0 Å². The first-order chi connectivity index (χ1) is 9.22. The monoisotopic (exact) mass is 262 g/mol. The summed E-state index contributed by atoms with van der Waals surface area (Å²) in [5.74, 6) is -0.0255. The van der Waals surface area contributed by atoms with Crippen molar-refractivity contribution in [2.75, 3.05) is 26.3 Å². The predicted octanol–water partition coefficient (Wildman–Crippen LogP) is 1.98.